The lowest BCUT2D eigenvalue weighted by Crippen LogP contribution is -2.40. The molecule has 2 rings (SSSR count). The molecule has 0 amide bonds. The first-order chi connectivity index (χ1) is 9.56. The van der Waals surface area contributed by atoms with Crippen molar-refractivity contribution in [2.45, 2.75) is 45.6 Å². The first-order valence-electron chi connectivity index (χ1n) is 7.12. The van der Waals surface area contributed by atoms with Gasteiger partial charge in [0.05, 0.1) is 23.9 Å². The molecule has 0 radical (unpaired) electrons. The van der Waals surface area contributed by atoms with Crippen LogP contribution in [0.25, 0.3) is 0 Å². The number of hydrogen-bond donors (Lipinski definition) is 3. The Labute approximate surface area is 119 Å². The summed E-state index contributed by atoms with van der Waals surface area (Å²) < 4.78 is 0. The summed E-state index contributed by atoms with van der Waals surface area (Å²) in [7, 11) is 0. The van der Waals surface area contributed by atoms with Crippen LogP contribution in [0.1, 0.15) is 42.5 Å². The standard InChI is InChI=1S/C14H23N5O/c1-9-10(2)17-18-14(12(9)13(15)16)19-7-5-3-4-6-11(19)8-20/h11,20H,3-8H2,1-2H3,(H3,15,16). The SMILES string of the molecule is Cc1nnc(N2CCCCCC2CO)c(C(=N)N)c1C. The molecule has 1 aliphatic heterocycles. The van der Waals surface area contributed by atoms with E-state index in [1.165, 1.54) is 0 Å². The molecule has 1 fully saturated rings. The van der Waals surface area contributed by atoms with Crippen LogP contribution < -0.4 is 10.6 Å². The Bertz CT molecular complexity index is 503. The van der Waals surface area contributed by atoms with Gasteiger partial charge in [0, 0.05) is 6.54 Å². The molecule has 1 aromatic heterocycles. The summed E-state index contributed by atoms with van der Waals surface area (Å²) in [6.45, 7) is 4.69. The molecular weight excluding hydrogens is 254 g/mol. The first-order valence-corrected chi connectivity index (χ1v) is 7.12. The number of amidine groups is 1. The fraction of sp³-hybridized carbons (Fsp3) is 0.643. The molecule has 0 aliphatic carbocycles. The van der Waals surface area contributed by atoms with Crippen molar-refractivity contribution in [3.8, 4) is 0 Å². The highest BCUT2D eigenvalue weighted by Crippen LogP contribution is 2.27. The second kappa shape index (κ2) is 6.17. The highest BCUT2D eigenvalue weighted by Gasteiger charge is 2.26. The summed E-state index contributed by atoms with van der Waals surface area (Å²) in [5, 5.41) is 25.9. The van der Waals surface area contributed by atoms with Crippen molar-refractivity contribution in [3.63, 3.8) is 0 Å². The van der Waals surface area contributed by atoms with E-state index in [1.807, 2.05) is 13.8 Å². The summed E-state index contributed by atoms with van der Waals surface area (Å²) >= 11 is 0. The van der Waals surface area contributed by atoms with Gasteiger partial charge in [0.1, 0.15) is 5.84 Å². The van der Waals surface area contributed by atoms with Gasteiger partial charge < -0.3 is 15.7 Å². The predicted molar refractivity (Wildman–Crippen MR) is 79.2 cm³/mol. The van der Waals surface area contributed by atoms with Gasteiger partial charge in [0.25, 0.3) is 0 Å². The average molecular weight is 277 g/mol. The normalized spacial score (nSPS) is 19.8. The molecule has 1 aromatic rings. The number of nitrogens with two attached hydrogens (primary N) is 1. The molecule has 1 saturated heterocycles. The highest BCUT2D eigenvalue weighted by atomic mass is 16.3. The average Bonchev–Trinajstić information content (AvgIpc) is 2.66. The summed E-state index contributed by atoms with van der Waals surface area (Å²) in [5.74, 6) is 0.651. The Hall–Kier alpha value is -1.69. The van der Waals surface area contributed by atoms with Crippen molar-refractivity contribution in [3.05, 3.63) is 16.8 Å². The van der Waals surface area contributed by atoms with Crippen LogP contribution in [-0.4, -0.2) is 40.3 Å². The number of hydrogen-bond acceptors (Lipinski definition) is 5. The monoisotopic (exact) mass is 277 g/mol. The van der Waals surface area contributed by atoms with Crippen LogP contribution in [-0.2, 0) is 0 Å². The van der Waals surface area contributed by atoms with Gasteiger partial charge in [-0.15, -0.1) is 5.10 Å². The zero-order valence-electron chi connectivity index (χ0n) is 12.2. The largest absolute Gasteiger partial charge is 0.394 e. The maximum Gasteiger partial charge on any atom is 0.162 e. The van der Waals surface area contributed by atoms with Gasteiger partial charge in [-0.1, -0.05) is 12.8 Å². The Morgan fingerprint density at radius 3 is 2.75 bits per heavy atom. The van der Waals surface area contributed by atoms with Crippen LogP contribution in [0.5, 0.6) is 0 Å². The van der Waals surface area contributed by atoms with E-state index in [-0.39, 0.29) is 18.5 Å². The van der Waals surface area contributed by atoms with Crippen molar-refractivity contribution in [2.75, 3.05) is 18.1 Å². The number of aliphatic hydroxyl groups is 1. The summed E-state index contributed by atoms with van der Waals surface area (Å²) in [4.78, 5) is 2.07. The van der Waals surface area contributed by atoms with E-state index >= 15 is 0 Å². The lowest BCUT2D eigenvalue weighted by molar-refractivity contribution is 0.254. The fourth-order valence-electron chi connectivity index (χ4n) is 2.77. The number of nitrogens with one attached hydrogen (secondary N) is 1. The minimum Gasteiger partial charge on any atom is -0.394 e. The topological polar surface area (TPSA) is 99.1 Å². The van der Waals surface area contributed by atoms with E-state index in [1.54, 1.807) is 0 Å². The van der Waals surface area contributed by atoms with Crippen molar-refractivity contribution in [1.29, 1.82) is 5.41 Å². The number of nitrogen functional groups attached to an aromatic ring is 1. The van der Waals surface area contributed by atoms with Crippen molar-refractivity contribution in [2.24, 2.45) is 5.73 Å². The number of anilines is 1. The summed E-state index contributed by atoms with van der Waals surface area (Å²) in [5.41, 5.74) is 8.07. The zero-order valence-corrected chi connectivity index (χ0v) is 12.2. The number of aryl methyl sites for hydroxylation is 1. The molecule has 1 unspecified atom stereocenters. The van der Waals surface area contributed by atoms with E-state index in [9.17, 15) is 5.11 Å². The minimum atomic E-state index is 0.0106. The third-order valence-electron chi connectivity index (χ3n) is 4.07. The molecule has 4 N–H and O–H groups in total. The second-order valence-electron chi connectivity index (χ2n) is 5.40. The molecule has 1 atom stereocenters. The van der Waals surface area contributed by atoms with Crippen LogP contribution >= 0.6 is 0 Å². The molecule has 0 bridgehead atoms. The Balaban J connectivity index is 2.49. The second-order valence-corrected chi connectivity index (χ2v) is 5.40. The van der Waals surface area contributed by atoms with Crippen LogP contribution in [0, 0.1) is 19.3 Å². The van der Waals surface area contributed by atoms with Crippen LogP contribution in [0.3, 0.4) is 0 Å². The molecule has 110 valence electrons. The maximum absolute atomic E-state index is 9.63. The van der Waals surface area contributed by atoms with Crippen LogP contribution in [0.4, 0.5) is 5.82 Å². The van der Waals surface area contributed by atoms with Crippen molar-refractivity contribution < 1.29 is 5.11 Å². The number of nitrogens with zero attached hydrogens (tertiary/aromatic N) is 3. The zero-order chi connectivity index (χ0) is 14.7. The molecule has 6 heteroatoms. The predicted octanol–water partition coefficient (Wildman–Crippen LogP) is 1.12. The lowest BCUT2D eigenvalue weighted by atomic mass is 10.1. The van der Waals surface area contributed by atoms with E-state index in [0.29, 0.717) is 11.4 Å². The molecule has 2 heterocycles. The van der Waals surface area contributed by atoms with Gasteiger partial charge in [0.15, 0.2) is 5.82 Å². The van der Waals surface area contributed by atoms with Gasteiger partial charge in [-0.25, -0.2) is 0 Å². The quantitative estimate of drug-likeness (QED) is 0.568. The van der Waals surface area contributed by atoms with E-state index in [2.05, 4.69) is 15.1 Å². The number of aliphatic hydroxyl groups excluding tert-OH is 1. The van der Waals surface area contributed by atoms with Gasteiger partial charge in [-0.2, -0.15) is 5.10 Å². The smallest absolute Gasteiger partial charge is 0.162 e. The maximum atomic E-state index is 9.63. The lowest BCUT2D eigenvalue weighted by Gasteiger charge is -2.31. The highest BCUT2D eigenvalue weighted by molar-refractivity contribution is 6.01. The Kier molecular flexibility index (Phi) is 4.54. The first kappa shape index (κ1) is 14.7. The third-order valence-corrected chi connectivity index (χ3v) is 4.07. The Morgan fingerprint density at radius 2 is 2.10 bits per heavy atom. The molecule has 0 aromatic carbocycles. The Morgan fingerprint density at radius 1 is 1.35 bits per heavy atom. The van der Waals surface area contributed by atoms with Gasteiger partial charge in [-0.05, 0) is 32.3 Å². The summed E-state index contributed by atoms with van der Waals surface area (Å²) in [6.07, 6.45) is 4.25. The minimum absolute atomic E-state index is 0.0106. The number of rotatable bonds is 3. The van der Waals surface area contributed by atoms with E-state index in [0.717, 1.165) is 43.5 Å². The molecular formula is C14H23N5O. The molecule has 20 heavy (non-hydrogen) atoms. The fourth-order valence-corrected chi connectivity index (χ4v) is 2.77. The molecule has 1 aliphatic rings. The third kappa shape index (κ3) is 2.75. The van der Waals surface area contributed by atoms with Crippen molar-refractivity contribution >= 4 is 11.7 Å². The van der Waals surface area contributed by atoms with Gasteiger partial charge in [0.2, 0.25) is 0 Å². The van der Waals surface area contributed by atoms with Crippen LogP contribution in [0.15, 0.2) is 0 Å². The van der Waals surface area contributed by atoms with E-state index < -0.39 is 0 Å². The molecule has 0 saturated carbocycles. The van der Waals surface area contributed by atoms with Gasteiger partial charge in [-0.3, -0.25) is 5.41 Å². The number of aromatic nitrogens is 2. The van der Waals surface area contributed by atoms with Crippen LogP contribution in [0.2, 0.25) is 0 Å². The molecule has 0 spiro atoms. The van der Waals surface area contributed by atoms with Gasteiger partial charge >= 0.3 is 0 Å². The van der Waals surface area contributed by atoms with E-state index in [4.69, 9.17) is 11.1 Å². The molecule has 6 nitrogen and oxygen atoms in total. The summed E-state index contributed by atoms with van der Waals surface area (Å²) in [6, 6.07) is 0.0343. The van der Waals surface area contributed by atoms with Crippen molar-refractivity contribution in [1.82, 2.24) is 10.2 Å².